The fourth-order valence-electron chi connectivity index (χ4n) is 3.72. The van der Waals surface area contributed by atoms with E-state index in [1.54, 1.807) is 19.2 Å². The van der Waals surface area contributed by atoms with Gasteiger partial charge in [-0.05, 0) is 30.0 Å². The van der Waals surface area contributed by atoms with Crippen molar-refractivity contribution in [3.8, 4) is 5.75 Å². The van der Waals surface area contributed by atoms with Gasteiger partial charge in [-0.2, -0.15) is 0 Å². The third-order valence-electron chi connectivity index (χ3n) is 5.10. The monoisotopic (exact) mass is 461 g/mol. The summed E-state index contributed by atoms with van der Waals surface area (Å²) in [5, 5.41) is 13.5. The number of thiophene rings is 1. The van der Waals surface area contributed by atoms with Gasteiger partial charge in [-0.15, -0.1) is 11.3 Å². The number of aliphatic hydroxyl groups excluding tert-OH is 1. The summed E-state index contributed by atoms with van der Waals surface area (Å²) in [6.45, 7) is 0.786. The van der Waals surface area contributed by atoms with Gasteiger partial charge in [0.25, 0.3) is 5.91 Å². The molecule has 7 nitrogen and oxygen atoms in total. The molecule has 9 heteroatoms. The van der Waals surface area contributed by atoms with Crippen LogP contribution in [0.3, 0.4) is 0 Å². The van der Waals surface area contributed by atoms with E-state index in [1.165, 1.54) is 29.4 Å². The van der Waals surface area contributed by atoms with Crippen molar-refractivity contribution >= 4 is 45.6 Å². The number of carbonyl (C=O) groups is 2. The highest BCUT2D eigenvalue weighted by Gasteiger charge is 2.44. The van der Waals surface area contributed by atoms with Gasteiger partial charge in [-0.25, -0.2) is 0 Å². The van der Waals surface area contributed by atoms with Gasteiger partial charge in [-0.1, -0.05) is 17.7 Å². The molecule has 1 N–H and O–H groups in total. The Morgan fingerprint density at radius 1 is 1.32 bits per heavy atom. The number of fused-ring (bicyclic) bond motifs is 1. The van der Waals surface area contributed by atoms with E-state index in [0.717, 1.165) is 4.88 Å². The molecule has 3 heterocycles. The normalized spacial score (nSPS) is 16.5. The van der Waals surface area contributed by atoms with Crippen LogP contribution in [0.15, 0.2) is 51.5 Å². The Labute approximate surface area is 187 Å². The number of furan rings is 1. The zero-order chi connectivity index (χ0) is 22.1. The number of carbonyl (C=O) groups excluding carboxylic acids is 2. The van der Waals surface area contributed by atoms with Gasteiger partial charge in [0.1, 0.15) is 0 Å². The second kappa shape index (κ2) is 8.74. The van der Waals surface area contributed by atoms with Crippen molar-refractivity contribution in [1.29, 1.82) is 0 Å². The van der Waals surface area contributed by atoms with Crippen molar-refractivity contribution in [2.24, 2.45) is 0 Å². The lowest BCUT2D eigenvalue weighted by atomic mass is 10.00. The highest BCUT2D eigenvalue weighted by molar-refractivity contribution is 7.10. The van der Waals surface area contributed by atoms with E-state index in [1.807, 2.05) is 17.5 Å². The Morgan fingerprint density at radius 3 is 2.81 bits per heavy atom. The highest BCUT2D eigenvalue weighted by Crippen LogP contribution is 2.42. The zero-order valence-corrected chi connectivity index (χ0v) is 18.5. The molecule has 0 fully saturated rings. The van der Waals surface area contributed by atoms with Crippen molar-refractivity contribution in [3.05, 3.63) is 62.7 Å². The van der Waals surface area contributed by atoms with Crippen molar-refractivity contribution < 1.29 is 28.6 Å². The fraction of sp³-hybridized carbons (Fsp3) is 0.273. The maximum Gasteiger partial charge on any atom is 0.290 e. The van der Waals surface area contributed by atoms with Crippen molar-refractivity contribution in [3.63, 3.8) is 0 Å². The van der Waals surface area contributed by atoms with E-state index in [4.69, 9.17) is 25.5 Å². The van der Waals surface area contributed by atoms with E-state index in [2.05, 4.69) is 0 Å². The first kappa shape index (κ1) is 21.4. The smallest absolute Gasteiger partial charge is 0.290 e. The van der Waals surface area contributed by atoms with Gasteiger partial charge in [-0.3, -0.25) is 9.59 Å². The topological polar surface area (TPSA) is 89.2 Å². The number of amides is 1. The largest absolute Gasteiger partial charge is 0.503 e. The molecule has 4 rings (SSSR count). The number of hydrogen-bond acceptors (Lipinski definition) is 7. The van der Waals surface area contributed by atoms with Crippen molar-refractivity contribution in [2.45, 2.75) is 12.5 Å². The Morgan fingerprint density at radius 2 is 2.13 bits per heavy atom. The minimum Gasteiger partial charge on any atom is -0.503 e. The first-order valence-electron chi connectivity index (χ1n) is 9.54. The summed E-state index contributed by atoms with van der Waals surface area (Å²) in [7, 11) is 3.05. The van der Waals surface area contributed by atoms with E-state index in [-0.39, 0.29) is 11.3 Å². The Hall–Kier alpha value is -2.81. The quantitative estimate of drug-likeness (QED) is 0.384. The number of ketones is 1. The Balaban J connectivity index is 1.76. The average molecular weight is 462 g/mol. The molecule has 1 unspecified atom stereocenters. The molecule has 1 aliphatic rings. The van der Waals surface area contributed by atoms with Crippen LogP contribution in [-0.2, 0) is 9.53 Å². The molecule has 162 valence electrons. The van der Waals surface area contributed by atoms with Crippen LogP contribution in [0, 0.1) is 0 Å². The van der Waals surface area contributed by atoms with E-state index in [0.29, 0.717) is 41.3 Å². The Bertz CT molecular complexity index is 1170. The lowest BCUT2D eigenvalue weighted by Gasteiger charge is -2.25. The predicted molar refractivity (Wildman–Crippen MR) is 117 cm³/mol. The van der Waals surface area contributed by atoms with Crippen molar-refractivity contribution in [1.82, 2.24) is 4.90 Å². The molecule has 0 bridgehead atoms. The van der Waals surface area contributed by atoms with Gasteiger partial charge in [0, 0.05) is 41.6 Å². The molecule has 3 aromatic rings. The minimum atomic E-state index is -0.699. The van der Waals surface area contributed by atoms with Crippen LogP contribution in [-0.4, -0.2) is 49.1 Å². The Kier molecular flexibility index (Phi) is 6.04. The van der Waals surface area contributed by atoms with Crippen LogP contribution >= 0.6 is 22.9 Å². The van der Waals surface area contributed by atoms with E-state index >= 15 is 0 Å². The molecular formula is C22H20ClNO6S. The van der Waals surface area contributed by atoms with Gasteiger partial charge in [0.15, 0.2) is 22.9 Å². The first-order valence-corrected chi connectivity index (χ1v) is 10.8. The van der Waals surface area contributed by atoms with Crippen molar-refractivity contribution in [2.75, 3.05) is 27.4 Å². The molecule has 0 spiro atoms. The molecule has 0 radical (unpaired) electrons. The summed E-state index contributed by atoms with van der Waals surface area (Å²) in [4.78, 5) is 28.6. The van der Waals surface area contributed by atoms with Crippen LogP contribution in [0.4, 0.5) is 0 Å². The lowest BCUT2D eigenvalue weighted by Crippen LogP contribution is -2.32. The molecule has 0 aliphatic carbocycles. The molecule has 1 amide bonds. The number of Topliss-reactive ketones (excluding diaryl/α,β-unsaturated/α-hetero) is 1. The summed E-state index contributed by atoms with van der Waals surface area (Å²) in [6, 6.07) is 7.75. The number of benzene rings is 1. The standard InChI is InChI=1S/C22H20ClNO6S/c1-28-7-4-6-24-18(16-5-3-8-31-16)17(20(26)22(24)27)19(25)14-10-12-9-13(23)11-15(29-2)21(12)30-14/h3,5,8-11,18,26H,4,6-7H2,1-2H3. The maximum atomic E-state index is 13.5. The zero-order valence-electron chi connectivity index (χ0n) is 16.9. The third kappa shape index (κ3) is 3.82. The van der Waals surface area contributed by atoms with Gasteiger partial charge in [0.2, 0.25) is 5.78 Å². The van der Waals surface area contributed by atoms with Crippen LogP contribution < -0.4 is 4.74 Å². The van der Waals surface area contributed by atoms with Gasteiger partial charge >= 0.3 is 0 Å². The lowest BCUT2D eigenvalue weighted by molar-refractivity contribution is -0.129. The highest BCUT2D eigenvalue weighted by atomic mass is 35.5. The van der Waals surface area contributed by atoms with Crippen LogP contribution in [0.2, 0.25) is 5.02 Å². The summed E-state index contributed by atoms with van der Waals surface area (Å²) in [6.07, 6.45) is 0.569. The number of rotatable bonds is 8. The summed E-state index contributed by atoms with van der Waals surface area (Å²) in [5.41, 5.74) is 0.360. The van der Waals surface area contributed by atoms with Gasteiger partial charge in [0.05, 0.1) is 18.7 Å². The number of ether oxygens (including phenoxy) is 2. The maximum absolute atomic E-state index is 13.5. The molecule has 1 aromatic carbocycles. The number of nitrogens with zero attached hydrogens (tertiary/aromatic N) is 1. The van der Waals surface area contributed by atoms with Gasteiger partial charge < -0.3 is 23.9 Å². The molecule has 1 atom stereocenters. The number of aliphatic hydroxyl groups is 1. The van der Waals surface area contributed by atoms with E-state index in [9.17, 15) is 14.7 Å². The molecule has 0 saturated carbocycles. The average Bonchev–Trinajstić information content (AvgIpc) is 3.47. The first-order chi connectivity index (χ1) is 15.0. The number of methoxy groups -OCH3 is 2. The summed E-state index contributed by atoms with van der Waals surface area (Å²) in [5.74, 6) is -1.34. The third-order valence-corrected chi connectivity index (χ3v) is 6.24. The van der Waals surface area contributed by atoms with E-state index < -0.39 is 23.5 Å². The second-order valence-electron chi connectivity index (χ2n) is 6.99. The number of halogens is 1. The predicted octanol–water partition coefficient (Wildman–Crippen LogP) is 4.77. The molecule has 2 aromatic heterocycles. The summed E-state index contributed by atoms with van der Waals surface area (Å²) >= 11 is 7.52. The van der Waals surface area contributed by atoms with Crippen LogP contribution in [0.5, 0.6) is 5.75 Å². The SMILES string of the molecule is COCCCN1C(=O)C(O)=C(C(=O)c2cc3cc(Cl)cc(OC)c3o2)C1c1cccs1. The molecule has 0 saturated heterocycles. The number of hydrogen-bond donors (Lipinski definition) is 1. The molecule has 31 heavy (non-hydrogen) atoms. The fourth-order valence-corrected chi connectivity index (χ4v) is 4.78. The van der Waals surface area contributed by atoms with Crippen LogP contribution in [0.25, 0.3) is 11.0 Å². The van der Waals surface area contributed by atoms with Crippen LogP contribution in [0.1, 0.15) is 27.9 Å². The minimum absolute atomic E-state index is 0.00557. The molecule has 1 aliphatic heterocycles. The second-order valence-corrected chi connectivity index (χ2v) is 8.41. The summed E-state index contributed by atoms with van der Waals surface area (Å²) < 4.78 is 16.2. The molecular weight excluding hydrogens is 442 g/mol.